The summed E-state index contributed by atoms with van der Waals surface area (Å²) < 4.78 is 38.8. The Bertz CT molecular complexity index is 1350. The first kappa shape index (κ1) is 29.4. The smallest absolute Gasteiger partial charge is 0.334 e. The Kier molecular flexibility index (Phi) is 7.87. The number of aliphatic imine (C=N–C) groups is 1. The predicted molar refractivity (Wildman–Crippen MR) is 162 cm³/mol. The van der Waals surface area contributed by atoms with Crippen molar-refractivity contribution in [2.45, 2.75) is 132 Å². The number of rotatable bonds is 6. The van der Waals surface area contributed by atoms with Crippen molar-refractivity contribution < 1.29 is 33.2 Å². The second kappa shape index (κ2) is 11.5. The average molecular weight is 592 g/mol. The number of benzene rings is 2. The molecular formula is C35H45NO7. The monoisotopic (exact) mass is 591 g/mol. The summed E-state index contributed by atoms with van der Waals surface area (Å²) in [6.45, 7) is 4.03. The summed E-state index contributed by atoms with van der Waals surface area (Å²) in [5, 5.41) is 2.28. The fourth-order valence-corrected chi connectivity index (χ4v) is 7.91. The van der Waals surface area contributed by atoms with Crippen LogP contribution in [0.2, 0.25) is 0 Å². The molecule has 0 amide bonds. The summed E-state index contributed by atoms with van der Waals surface area (Å²) in [6.07, 6.45) is 10.0. The Morgan fingerprint density at radius 1 is 0.884 bits per heavy atom. The number of hydrogen-bond acceptors (Lipinski definition) is 8. The number of esters is 1. The van der Waals surface area contributed by atoms with Gasteiger partial charge >= 0.3 is 5.97 Å². The molecule has 0 bridgehead atoms. The normalized spacial score (nSPS) is 32.7. The van der Waals surface area contributed by atoms with Crippen molar-refractivity contribution in [3.63, 3.8) is 0 Å². The minimum absolute atomic E-state index is 0.142. The Balaban J connectivity index is 1.21. The lowest BCUT2D eigenvalue weighted by Crippen LogP contribution is -2.56. The van der Waals surface area contributed by atoms with Gasteiger partial charge in [0, 0.05) is 38.3 Å². The van der Waals surface area contributed by atoms with Crippen molar-refractivity contribution in [1.82, 2.24) is 0 Å². The zero-order chi connectivity index (χ0) is 29.7. The van der Waals surface area contributed by atoms with E-state index in [0.29, 0.717) is 6.42 Å². The summed E-state index contributed by atoms with van der Waals surface area (Å²) in [5.74, 6) is -1.77. The fourth-order valence-electron chi connectivity index (χ4n) is 7.91. The maximum atomic E-state index is 13.6. The van der Waals surface area contributed by atoms with Crippen LogP contribution in [0.25, 0.3) is 10.8 Å². The molecule has 2 aromatic carbocycles. The largest absolute Gasteiger partial charge is 0.467 e. The number of hydrogen-bond donors (Lipinski definition) is 0. The van der Waals surface area contributed by atoms with Gasteiger partial charge in [0.15, 0.2) is 23.4 Å². The molecule has 6 atom stereocenters. The lowest BCUT2D eigenvalue weighted by molar-refractivity contribution is -0.240. The van der Waals surface area contributed by atoms with Gasteiger partial charge in [-0.25, -0.2) is 4.79 Å². The fraction of sp³-hybridized carbons (Fsp3) is 0.657. The maximum Gasteiger partial charge on any atom is 0.334 e. The molecule has 0 unspecified atom stereocenters. The zero-order valence-corrected chi connectivity index (χ0v) is 25.7. The van der Waals surface area contributed by atoms with E-state index in [2.05, 4.69) is 30.3 Å². The number of carbonyl (C=O) groups is 1. The predicted octanol–water partition coefficient (Wildman–Crippen LogP) is 6.27. The van der Waals surface area contributed by atoms with Crippen molar-refractivity contribution in [2.75, 3.05) is 7.11 Å². The van der Waals surface area contributed by atoms with Crippen LogP contribution in [0, 0.1) is 5.92 Å². The van der Waals surface area contributed by atoms with Gasteiger partial charge in [0.2, 0.25) is 0 Å². The van der Waals surface area contributed by atoms with Crippen LogP contribution in [0.4, 0.5) is 0 Å². The molecule has 2 spiro atoms. The number of fused-ring (bicyclic) bond motifs is 4. The number of carbonyl (C=O) groups excluding carboxylic acids is 1. The van der Waals surface area contributed by atoms with Gasteiger partial charge in [0.1, 0.15) is 24.4 Å². The molecule has 232 valence electrons. The average Bonchev–Trinajstić information content (AvgIpc) is 3.56. The van der Waals surface area contributed by atoms with Crippen LogP contribution in [0.15, 0.2) is 47.5 Å². The molecule has 3 heterocycles. The first-order valence-corrected chi connectivity index (χ1v) is 16.3. The highest BCUT2D eigenvalue weighted by Crippen LogP contribution is 2.51. The molecular weight excluding hydrogens is 546 g/mol. The minimum Gasteiger partial charge on any atom is -0.467 e. The van der Waals surface area contributed by atoms with Crippen molar-refractivity contribution in [3.8, 4) is 0 Å². The second-order valence-electron chi connectivity index (χ2n) is 13.5. The highest BCUT2D eigenvalue weighted by atomic mass is 16.9. The van der Waals surface area contributed by atoms with E-state index >= 15 is 0 Å². The van der Waals surface area contributed by atoms with Crippen LogP contribution in [0.1, 0.15) is 83.6 Å². The molecule has 5 aliphatic rings. The standard InChI is InChI=1S/C35H45NO7/c1-23(2)35(32(37)38-3,21-24-14-15-25-12-6-7-13-26(25)20-24)36-22-27-28-29(41-33(40-28)16-8-4-9-17-33)30-31(39-27)43-34(42-30)18-10-5-11-19-34/h6-7,12-15,20,22-23,27-31H,4-5,8-11,16-19,21H2,1-3H3/t27-,28+,29+,30-,31-,35-/m1/s1. The summed E-state index contributed by atoms with van der Waals surface area (Å²) in [5.41, 5.74) is -0.127. The van der Waals surface area contributed by atoms with E-state index in [4.69, 9.17) is 33.4 Å². The molecule has 5 fully saturated rings. The molecule has 0 N–H and O–H groups in total. The van der Waals surface area contributed by atoms with Crippen LogP contribution in [-0.4, -0.2) is 67.1 Å². The van der Waals surface area contributed by atoms with E-state index in [1.54, 1.807) is 6.21 Å². The summed E-state index contributed by atoms with van der Waals surface area (Å²) in [7, 11) is 1.43. The van der Waals surface area contributed by atoms with Crippen molar-refractivity contribution in [1.29, 1.82) is 0 Å². The van der Waals surface area contributed by atoms with Gasteiger partial charge in [0.05, 0.1) is 7.11 Å². The van der Waals surface area contributed by atoms with E-state index in [-0.39, 0.29) is 24.1 Å². The molecule has 3 saturated heterocycles. The highest BCUT2D eigenvalue weighted by Gasteiger charge is 2.64. The van der Waals surface area contributed by atoms with E-state index in [1.165, 1.54) is 20.0 Å². The van der Waals surface area contributed by atoms with E-state index in [1.807, 2.05) is 26.0 Å². The van der Waals surface area contributed by atoms with Crippen molar-refractivity contribution >= 4 is 23.0 Å². The SMILES string of the molecule is COC(=O)[C@](Cc1ccc2ccccc2c1)(N=C[C@H]1O[C@@H]2OC3(CCCCC3)O[C@@H]2[C@H]2OC3(CCCCC3)O[C@H]21)C(C)C. The van der Waals surface area contributed by atoms with Crippen molar-refractivity contribution in [2.24, 2.45) is 10.9 Å². The van der Waals surface area contributed by atoms with Crippen molar-refractivity contribution in [3.05, 3.63) is 48.0 Å². The summed E-state index contributed by atoms with van der Waals surface area (Å²) in [6, 6.07) is 14.5. The third-order valence-corrected chi connectivity index (χ3v) is 10.4. The van der Waals surface area contributed by atoms with Gasteiger partial charge in [-0.2, -0.15) is 0 Å². The first-order valence-electron chi connectivity index (χ1n) is 16.3. The molecule has 43 heavy (non-hydrogen) atoms. The number of methoxy groups -OCH3 is 1. The quantitative estimate of drug-likeness (QED) is 0.289. The first-order chi connectivity index (χ1) is 20.8. The van der Waals surface area contributed by atoms with E-state index in [9.17, 15) is 4.79 Å². The molecule has 0 aromatic heterocycles. The van der Waals surface area contributed by atoms with Crippen LogP contribution in [0.3, 0.4) is 0 Å². The van der Waals surface area contributed by atoms with E-state index < -0.39 is 35.6 Å². The lowest BCUT2D eigenvalue weighted by atomic mass is 9.80. The van der Waals surface area contributed by atoms with Crippen LogP contribution >= 0.6 is 0 Å². The third-order valence-electron chi connectivity index (χ3n) is 10.4. The third kappa shape index (κ3) is 5.33. The second-order valence-corrected chi connectivity index (χ2v) is 13.5. The molecule has 2 saturated carbocycles. The molecule has 8 heteroatoms. The van der Waals surface area contributed by atoms with Gasteiger partial charge in [-0.3, -0.25) is 4.99 Å². The summed E-state index contributed by atoms with van der Waals surface area (Å²) in [4.78, 5) is 18.7. The van der Waals surface area contributed by atoms with E-state index in [0.717, 1.165) is 67.7 Å². The van der Waals surface area contributed by atoms with Gasteiger partial charge in [-0.1, -0.05) is 69.2 Å². The molecule has 0 radical (unpaired) electrons. The lowest BCUT2D eigenvalue weighted by Gasteiger charge is -2.37. The molecule has 8 nitrogen and oxygen atoms in total. The van der Waals surface area contributed by atoms with Crippen LogP contribution < -0.4 is 0 Å². The summed E-state index contributed by atoms with van der Waals surface area (Å²) >= 11 is 0. The van der Waals surface area contributed by atoms with Gasteiger partial charge in [0.25, 0.3) is 0 Å². The Labute approximate surface area is 254 Å². The van der Waals surface area contributed by atoms with Gasteiger partial charge < -0.3 is 28.4 Å². The maximum absolute atomic E-state index is 13.6. The number of ether oxygens (including phenoxy) is 6. The Hall–Kier alpha value is -2.36. The molecule has 7 rings (SSSR count). The van der Waals surface area contributed by atoms with Crippen LogP contribution in [0.5, 0.6) is 0 Å². The van der Waals surface area contributed by atoms with Gasteiger partial charge in [-0.05, 0) is 47.9 Å². The number of nitrogens with zero attached hydrogens (tertiary/aromatic N) is 1. The topological polar surface area (TPSA) is 84.8 Å². The molecule has 2 aromatic rings. The minimum atomic E-state index is -1.15. The zero-order valence-electron chi connectivity index (χ0n) is 25.7. The molecule has 2 aliphatic carbocycles. The Morgan fingerprint density at radius 2 is 1.51 bits per heavy atom. The highest BCUT2D eigenvalue weighted by molar-refractivity contribution is 5.86. The van der Waals surface area contributed by atoms with Gasteiger partial charge in [-0.15, -0.1) is 0 Å². The van der Waals surface area contributed by atoms with Crippen LogP contribution in [-0.2, 0) is 39.6 Å². The Morgan fingerprint density at radius 3 is 2.19 bits per heavy atom. The molecule has 3 aliphatic heterocycles.